The van der Waals surface area contributed by atoms with E-state index >= 15 is 0 Å². The van der Waals surface area contributed by atoms with Crippen LogP contribution in [0.2, 0.25) is 0 Å². The summed E-state index contributed by atoms with van der Waals surface area (Å²) in [5.74, 6) is 0. The molecule has 0 aliphatic heterocycles. The molecule has 5 heteroatoms. The minimum absolute atomic E-state index is 0. The maximum Gasteiger partial charge on any atom is 4.00 e. The van der Waals surface area contributed by atoms with E-state index in [0.717, 1.165) is 0 Å². The standard InChI is InChI=1S/Hf.H2OSi.2O/c;1-2;;/h;2H2;;/q+4;;2*-2. The molecule has 0 radical (unpaired) electrons. The van der Waals surface area contributed by atoms with Crippen molar-refractivity contribution < 1.29 is 41.3 Å². The molecule has 0 unspecified atom stereocenters. The molecule has 0 amide bonds. The molecule has 0 saturated heterocycles. The molecule has 5 heavy (non-hydrogen) atoms. The fraction of sp³-hybridized carbons (Fsp3) is 0. The van der Waals surface area contributed by atoms with Crippen LogP contribution in [-0.4, -0.2) is 10.1 Å². The second-order valence-corrected chi connectivity index (χ2v) is 0. The molecule has 0 aliphatic rings. The van der Waals surface area contributed by atoms with Crippen LogP contribution in [0.4, 0.5) is 0 Å². The largest absolute Gasteiger partial charge is 4.00 e. The van der Waals surface area contributed by atoms with Crippen molar-refractivity contribution in [3.63, 3.8) is 0 Å². The Morgan fingerprint density at radius 1 is 1.00 bits per heavy atom. The third kappa shape index (κ3) is 58.2. The van der Waals surface area contributed by atoms with E-state index < -0.39 is 0 Å². The van der Waals surface area contributed by atoms with Gasteiger partial charge in [0.25, 0.3) is 0 Å². The summed E-state index contributed by atoms with van der Waals surface area (Å²) in [5.41, 5.74) is 0. The molecule has 0 fully saturated rings. The maximum absolute atomic E-state index is 8.28. The van der Waals surface area contributed by atoms with E-state index in [2.05, 4.69) is 0 Å². The molecule has 0 aromatic rings. The van der Waals surface area contributed by atoms with Crippen LogP contribution in [0, 0.1) is 0 Å². The number of hydrogen-bond donors (Lipinski definition) is 0. The van der Waals surface area contributed by atoms with Gasteiger partial charge in [0.15, 0.2) is 0 Å². The normalized spacial score (nSPS) is 0.800. The monoisotopic (exact) mass is 258 g/mol. The molecule has 28 valence electrons. The minimum Gasteiger partial charge on any atom is -2.00 e. The van der Waals surface area contributed by atoms with E-state index in [1.807, 2.05) is 0 Å². The van der Waals surface area contributed by atoms with Gasteiger partial charge < -0.3 is 15.4 Å². The van der Waals surface area contributed by atoms with E-state index in [-0.39, 0.29) is 36.8 Å². The molecule has 0 aromatic carbocycles. The van der Waals surface area contributed by atoms with E-state index in [1.54, 1.807) is 0 Å². The summed E-state index contributed by atoms with van der Waals surface area (Å²) in [6.45, 7) is 0. The van der Waals surface area contributed by atoms with Crippen LogP contribution in [0.5, 0.6) is 0 Å². The van der Waals surface area contributed by atoms with Crippen LogP contribution < -0.4 is 0 Å². The first kappa shape index (κ1) is 41.1. The van der Waals surface area contributed by atoms with Crippen molar-refractivity contribution in [1.82, 2.24) is 0 Å². The van der Waals surface area contributed by atoms with Crippen LogP contribution in [0.3, 0.4) is 0 Å². The molecule has 0 aromatic heterocycles. The van der Waals surface area contributed by atoms with Gasteiger partial charge in [-0.3, -0.25) is 0 Å². The van der Waals surface area contributed by atoms with E-state index in [1.165, 1.54) is 0 Å². The molecule has 0 heterocycles. The average Bonchev–Trinajstić information content (AvgIpc) is 1.00. The fourth-order valence-electron chi connectivity index (χ4n) is 0. The summed E-state index contributed by atoms with van der Waals surface area (Å²) in [5, 5.41) is 0. The Morgan fingerprint density at radius 2 is 1.00 bits per heavy atom. The average molecular weight is 257 g/mol. The zero-order valence-corrected chi connectivity index (χ0v) is 7.44. The molecule has 3 nitrogen and oxygen atoms in total. The first-order valence-corrected chi connectivity index (χ1v) is 0.866. The summed E-state index contributed by atoms with van der Waals surface area (Å²) < 4.78 is 8.28. The van der Waals surface area contributed by atoms with E-state index in [4.69, 9.17) is 4.46 Å². The Balaban J connectivity index is -0.00000000167. The second kappa shape index (κ2) is 107. The van der Waals surface area contributed by atoms with Crippen molar-refractivity contribution in [3.05, 3.63) is 0 Å². The minimum atomic E-state index is 0. The van der Waals surface area contributed by atoms with Gasteiger partial charge in [-0.1, -0.05) is 0 Å². The summed E-state index contributed by atoms with van der Waals surface area (Å²) in [6.07, 6.45) is 0. The van der Waals surface area contributed by atoms with Gasteiger partial charge in [0.1, 0.15) is 0 Å². The van der Waals surface area contributed by atoms with Gasteiger partial charge in [-0.05, 0) is 0 Å². The van der Waals surface area contributed by atoms with Crippen molar-refractivity contribution in [3.8, 4) is 0 Å². The van der Waals surface area contributed by atoms with Gasteiger partial charge in [-0.25, -0.2) is 0 Å². The van der Waals surface area contributed by atoms with Crippen molar-refractivity contribution in [2.24, 2.45) is 0 Å². The summed E-state index contributed by atoms with van der Waals surface area (Å²) in [7, 11) is 0.611. The molecule has 0 bridgehead atoms. The van der Waals surface area contributed by atoms with Crippen molar-refractivity contribution >= 4 is 10.1 Å². The molecular weight excluding hydrogens is 255 g/mol. The first-order valence-electron chi connectivity index (χ1n) is 0.289. The summed E-state index contributed by atoms with van der Waals surface area (Å²) in [6, 6.07) is 0. The van der Waals surface area contributed by atoms with Crippen molar-refractivity contribution in [2.75, 3.05) is 0 Å². The van der Waals surface area contributed by atoms with Gasteiger partial charge in [0.2, 0.25) is 10.1 Å². The topological polar surface area (TPSA) is 74.1 Å². The Bertz CT molecular complexity index is 6.85. The van der Waals surface area contributed by atoms with E-state index in [0.29, 0.717) is 10.1 Å². The van der Waals surface area contributed by atoms with Gasteiger partial charge in [-0.15, -0.1) is 0 Å². The second-order valence-electron chi connectivity index (χ2n) is 0. The Labute approximate surface area is 51.6 Å². The van der Waals surface area contributed by atoms with E-state index in [9.17, 15) is 0 Å². The SMILES string of the molecule is O=[SiH2].[Hf+4].[O-2].[O-2]. The number of hydrogen-bond acceptors (Lipinski definition) is 1. The molecule has 0 N–H and O–H groups in total. The predicted molar refractivity (Wildman–Crippen MR) is 10.6 cm³/mol. The van der Waals surface area contributed by atoms with Crippen LogP contribution in [0.25, 0.3) is 0 Å². The molecular formula is H2HfO3Si. The van der Waals surface area contributed by atoms with Gasteiger partial charge in [0, 0.05) is 0 Å². The quantitative estimate of drug-likeness (QED) is 0.498. The summed E-state index contributed by atoms with van der Waals surface area (Å²) >= 11 is 0. The number of rotatable bonds is 0. The van der Waals surface area contributed by atoms with Crippen LogP contribution >= 0.6 is 0 Å². The van der Waals surface area contributed by atoms with Crippen LogP contribution in [-0.2, 0) is 41.3 Å². The Kier molecular flexibility index (Phi) is 879. The van der Waals surface area contributed by atoms with Gasteiger partial charge in [0.05, 0.1) is 0 Å². The zero-order valence-electron chi connectivity index (χ0n) is 2.43. The fourth-order valence-corrected chi connectivity index (χ4v) is 0. The smallest absolute Gasteiger partial charge is 2.00 e. The van der Waals surface area contributed by atoms with Crippen LogP contribution in [0.15, 0.2) is 0 Å². The van der Waals surface area contributed by atoms with Crippen molar-refractivity contribution in [2.45, 2.75) is 0 Å². The van der Waals surface area contributed by atoms with Crippen molar-refractivity contribution in [1.29, 1.82) is 0 Å². The molecule has 0 atom stereocenters. The molecule has 0 rings (SSSR count). The Hall–Kier alpha value is 0.807. The first-order chi connectivity index (χ1) is 1.00. The molecule has 0 spiro atoms. The molecule has 0 saturated carbocycles. The van der Waals surface area contributed by atoms with Gasteiger partial charge in [-0.2, -0.15) is 0 Å². The third-order valence-electron chi connectivity index (χ3n) is 0. The maximum atomic E-state index is 8.28. The predicted octanol–water partition coefficient (Wildman–Crippen LogP) is -1.28. The third-order valence-corrected chi connectivity index (χ3v) is 0. The molecule has 0 aliphatic carbocycles. The van der Waals surface area contributed by atoms with Crippen LogP contribution in [0.1, 0.15) is 0 Å². The zero-order chi connectivity index (χ0) is 2.00. The summed E-state index contributed by atoms with van der Waals surface area (Å²) in [4.78, 5) is 0. The Morgan fingerprint density at radius 3 is 1.00 bits per heavy atom. The van der Waals surface area contributed by atoms with Gasteiger partial charge >= 0.3 is 25.8 Å².